The van der Waals surface area contributed by atoms with E-state index in [1.54, 1.807) is 0 Å². The molecular weight excluding hydrogens is 180 g/mol. The predicted octanol–water partition coefficient (Wildman–Crippen LogP) is -0.768. The number of hydrogen-bond acceptors (Lipinski definition) is 5. The van der Waals surface area contributed by atoms with Crippen molar-refractivity contribution >= 4 is 9.05 Å². The fourth-order valence-corrected chi connectivity index (χ4v) is 0.943. The lowest BCUT2D eigenvalue weighted by Gasteiger charge is -2.09. The van der Waals surface area contributed by atoms with E-state index in [9.17, 15) is 0 Å². The summed E-state index contributed by atoms with van der Waals surface area (Å²) in [7, 11) is -4.31. The summed E-state index contributed by atoms with van der Waals surface area (Å²) in [5, 5.41) is 0. The van der Waals surface area contributed by atoms with Crippen LogP contribution in [0, 0.1) is 0 Å². The van der Waals surface area contributed by atoms with Gasteiger partial charge in [0.15, 0.2) is 0 Å². The number of hydrogen-bond donors (Lipinski definition) is 3. The Labute approximate surface area is 73.0 Å². The second kappa shape index (κ2) is 6.52. The maximum atomic E-state index is 8.39. The quantitative estimate of drug-likeness (QED) is 0.368. The van der Waals surface area contributed by atoms with Crippen LogP contribution < -0.4 is 0 Å². The first-order chi connectivity index (χ1) is 5.56. The molecule has 3 N–H and O–H groups in total. The SMILES string of the molecule is CCCCOCCO[Si](O)(O)O. The van der Waals surface area contributed by atoms with Crippen molar-refractivity contribution in [3.05, 3.63) is 0 Å². The van der Waals surface area contributed by atoms with E-state index in [-0.39, 0.29) is 13.2 Å². The molecule has 0 aliphatic rings. The van der Waals surface area contributed by atoms with Gasteiger partial charge in [-0.3, -0.25) is 0 Å². The highest BCUT2D eigenvalue weighted by molar-refractivity contribution is 6.48. The van der Waals surface area contributed by atoms with Gasteiger partial charge in [0, 0.05) is 6.61 Å². The summed E-state index contributed by atoms with van der Waals surface area (Å²) in [6.07, 6.45) is 2.03. The maximum Gasteiger partial charge on any atom is 0.671 e. The zero-order valence-corrected chi connectivity index (χ0v) is 8.19. The van der Waals surface area contributed by atoms with Crippen LogP contribution in [0.1, 0.15) is 19.8 Å². The Bertz CT molecular complexity index is 103. The molecule has 0 aliphatic heterocycles. The van der Waals surface area contributed by atoms with Gasteiger partial charge in [0.25, 0.3) is 0 Å². The highest BCUT2D eigenvalue weighted by Gasteiger charge is 2.29. The normalized spacial score (nSPS) is 12.0. The predicted molar refractivity (Wildman–Crippen MR) is 44.1 cm³/mol. The average Bonchev–Trinajstić information content (AvgIpc) is 1.94. The first kappa shape index (κ1) is 12.0. The van der Waals surface area contributed by atoms with Crippen LogP contribution >= 0.6 is 0 Å². The molecule has 0 heterocycles. The standard InChI is InChI=1S/C6H16O5Si/c1-2-3-4-10-5-6-11-12(7,8)9/h7-9H,2-6H2,1H3. The minimum absolute atomic E-state index is 0.0133. The molecule has 12 heavy (non-hydrogen) atoms. The van der Waals surface area contributed by atoms with E-state index in [0.717, 1.165) is 12.8 Å². The third-order valence-corrected chi connectivity index (χ3v) is 1.76. The molecule has 0 aliphatic carbocycles. The Morgan fingerprint density at radius 3 is 2.25 bits per heavy atom. The number of unbranched alkanes of at least 4 members (excludes halogenated alkanes) is 1. The van der Waals surface area contributed by atoms with Gasteiger partial charge in [-0.25, -0.2) is 0 Å². The summed E-state index contributed by atoms with van der Waals surface area (Å²) < 4.78 is 9.32. The molecule has 0 aromatic rings. The second-order valence-corrected chi connectivity index (χ2v) is 3.82. The molecule has 0 radical (unpaired) electrons. The lowest BCUT2D eigenvalue weighted by atomic mass is 10.4. The first-order valence-corrected chi connectivity index (χ1v) is 5.70. The molecule has 5 nitrogen and oxygen atoms in total. The van der Waals surface area contributed by atoms with Crippen LogP contribution in [0.3, 0.4) is 0 Å². The first-order valence-electron chi connectivity index (χ1n) is 3.95. The van der Waals surface area contributed by atoms with Crippen LogP contribution in [-0.2, 0) is 9.16 Å². The van der Waals surface area contributed by atoms with Gasteiger partial charge in [0.05, 0.1) is 13.2 Å². The smallest absolute Gasteiger partial charge is 0.379 e. The van der Waals surface area contributed by atoms with Gasteiger partial charge in [-0.15, -0.1) is 0 Å². The van der Waals surface area contributed by atoms with Crippen molar-refractivity contribution in [1.29, 1.82) is 0 Å². The summed E-state index contributed by atoms with van der Waals surface area (Å²) in [4.78, 5) is 25.2. The molecule has 0 amide bonds. The highest BCUT2D eigenvalue weighted by atomic mass is 28.4. The lowest BCUT2D eigenvalue weighted by Crippen LogP contribution is -2.39. The molecule has 0 saturated carbocycles. The highest BCUT2D eigenvalue weighted by Crippen LogP contribution is 1.91. The fraction of sp³-hybridized carbons (Fsp3) is 1.00. The van der Waals surface area contributed by atoms with E-state index in [1.807, 2.05) is 6.92 Å². The molecule has 0 aromatic carbocycles. The molecule has 0 spiro atoms. The molecule has 6 heteroatoms. The largest absolute Gasteiger partial charge is 0.671 e. The van der Waals surface area contributed by atoms with E-state index in [0.29, 0.717) is 6.61 Å². The Kier molecular flexibility index (Phi) is 6.53. The molecule has 0 fully saturated rings. The summed E-state index contributed by atoms with van der Waals surface area (Å²) in [6, 6.07) is 0. The van der Waals surface area contributed by atoms with Gasteiger partial charge in [-0.2, -0.15) is 0 Å². The molecule has 0 bridgehead atoms. The minimum Gasteiger partial charge on any atom is -0.379 e. The van der Waals surface area contributed by atoms with Crippen LogP contribution in [-0.4, -0.2) is 43.3 Å². The van der Waals surface area contributed by atoms with Crippen molar-refractivity contribution in [2.45, 2.75) is 19.8 Å². The summed E-state index contributed by atoms with van der Waals surface area (Å²) in [5.74, 6) is 0. The Morgan fingerprint density at radius 2 is 1.75 bits per heavy atom. The van der Waals surface area contributed by atoms with Crippen molar-refractivity contribution in [2.24, 2.45) is 0 Å². The van der Waals surface area contributed by atoms with Gasteiger partial charge in [0.1, 0.15) is 0 Å². The summed E-state index contributed by atoms with van der Waals surface area (Å²) in [5.41, 5.74) is 0. The molecule has 0 rings (SSSR count). The van der Waals surface area contributed by atoms with E-state index in [4.69, 9.17) is 19.1 Å². The van der Waals surface area contributed by atoms with Crippen LogP contribution in [0.5, 0.6) is 0 Å². The molecule has 74 valence electrons. The van der Waals surface area contributed by atoms with Gasteiger partial charge in [-0.1, -0.05) is 13.3 Å². The average molecular weight is 196 g/mol. The Balaban J connectivity index is 3.01. The molecule has 0 saturated heterocycles. The van der Waals surface area contributed by atoms with E-state index < -0.39 is 9.05 Å². The lowest BCUT2D eigenvalue weighted by molar-refractivity contribution is 0.0267. The van der Waals surface area contributed by atoms with Crippen LogP contribution in [0.25, 0.3) is 0 Å². The molecule has 0 unspecified atom stereocenters. The van der Waals surface area contributed by atoms with Crippen molar-refractivity contribution < 1.29 is 23.5 Å². The van der Waals surface area contributed by atoms with Crippen molar-refractivity contribution in [2.75, 3.05) is 19.8 Å². The second-order valence-electron chi connectivity index (χ2n) is 2.39. The number of rotatable bonds is 7. The van der Waals surface area contributed by atoms with Crippen LogP contribution in [0.2, 0.25) is 0 Å². The zero-order chi connectivity index (χ0) is 9.45. The van der Waals surface area contributed by atoms with Gasteiger partial charge in [0.2, 0.25) is 0 Å². The van der Waals surface area contributed by atoms with Crippen molar-refractivity contribution in [3.63, 3.8) is 0 Å². The van der Waals surface area contributed by atoms with Gasteiger partial charge < -0.3 is 23.5 Å². The molecule has 0 atom stereocenters. The third kappa shape index (κ3) is 10.0. The Morgan fingerprint density at radius 1 is 1.08 bits per heavy atom. The third-order valence-electron chi connectivity index (χ3n) is 1.17. The Hall–Kier alpha value is 0.0169. The topological polar surface area (TPSA) is 79.2 Å². The van der Waals surface area contributed by atoms with E-state index >= 15 is 0 Å². The monoisotopic (exact) mass is 196 g/mol. The maximum absolute atomic E-state index is 8.39. The minimum atomic E-state index is -4.31. The van der Waals surface area contributed by atoms with Crippen molar-refractivity contribution in [1.82, 2.24) is 0 Å². The molecule has 0 aromatic heterocycles. The number of ether oxygens (including phenoxy) is 1. The summed E-state index contributed by atoms with van der Waals surface area (Å²) >= 11 is 0. The van der Waals surface area contributed by atoms with Crippen LogP contribution in [0.15, 0.2) is 0 Å². The van der Waals surface area contributed by atoms with E-state index in [1.165, 1.54) is 0 Å². The van der Waals surface area contributed by atoms with Crippen molar-refractivity contribution in [3.8, 4) is 0 Å². The van der Waals surface area contributed by atoms with E-state index in [2.05, 4.69) is 4.43 Å². The van der Waals surface area contributed by atoms with Gasteiger partial charge in [-0.05, 0) is 6.42 Å². The zero-order valence-electron chi connectivity index (χ0n) is 7.19. The fourth-order valence-electron chi connectivity index (χ4n) is 0.586. The van der Waals surface area contributed by atoms with Gasteiger partial charge >= 0.3 is 9.05 Å². The summed E-state index contributed by atoms with van der Waals surface area (Å²) in [6.45, 7) is 2.97. The van der Waals surface area contributed by atoms with Crippen LogP contribution in [0.4, 0.5) is 0 Å². The molecular formula is C6H16O5Si.